The zero-order valence-electron chi connectivity index (χ0n) is 11.4. The van der Waals surface area contributed by atoms with E-state index in [0.29, 0.717) is 19.6 Å². The summed E-state index contributed by atoms with van der Waals surface area (Å²) in [6.45, 7) is 9.21. The number of hydrogen-bond donors (Lipinski definition) is 2. The van der Waals surface area contributed by atoms with Crippen molar-refractivity contribution in [1.29, 1.82) is 0 Å². The number of carboxylic acid groups (broad SMARTS) is 1. The molecule has 18 heavy (non-hydrogen) atoms. The molecule has 6 nitrogen and oxygen atoms in total. The molecular formula is C12H23N3O3. The van der Waals surface area contributed by atoms with Crippen LogP contribution in [0, 0.1) is 0 Å². The molecule has 6 heteroatoms. The van der Waals surface area contributed by atoms with Crippen molar-refractivity contribution in [2.24, 2.45) is 0 Å². The average Bonchev–Trinajstić information content (AvgIpc) is 2.24. The molecule has 0 unspecified atom stereocenters. The van der Waals surface area contributed by atoms with Crippen molar-refractivity contribution in [2.75, 3.05) is 32.7 Å². The van der Waals surface area contributed by atoms with Crippen LogP contribution in [0.2, 0.25) is 0 Å². The van der Waals surface area contributed by atoms with E-state index in [4.69, 9.17) is 5.11 Å². The maximum atomic E-state index is 11.9. The van der Waals surface area contributed by atoms with Crippen LogP contribution in [0.3, 0.4) is 0 Å². The summed E-state index contributed by atoms with van der Waals surface area (Å²) in [5.41, 5.74) is -0.225. The van der Waals surface area contributed by atoms with Crippen LogP contribution in [0.25, 0.3) is 0 Å². The van der Waals surface area contributed by atoms with Crippen LogP contribution in [-0.2, 0) is 4.79 Å². The van der Waals surface area contributed by atoms with Crippen LogP contribution in [0.15, 0.2) is 0 Å². The second-order valence-corrected chi connectivity index (χ2v) is 5.65. The highest BCUT2D eigenvalue weighted by atomic mass is 16.4. The number of carboxylic acids is 1. The van der Waals surface area contributed by atoms with Gasteiger partial charge in [-0.15, -0.1) is 0 Å². The molecule has 0 aromatic carbocycles. The smallest absolute Gasteiger partial charge is 0.317 e. The molecule has 0 bridgehead atoms. The van der Waals surface area contributed by atoms with Gasteiger partial charge in [-0.1, -0.05) is 0 Å². The minimum absolute atomic E-state index is 0.0413. The molecule has 1 saturated heterocycles. The molecule has 1 heterocycles. The van der Waals surface area contributed by atoms with Gasteiger partial charge in [0, 0.05) is 38.3 Å². The molecular weight excluding hydrogens is 234 g/mol. The molecule has 104 valence electrons. The van der Waals surface area contributed by atoms with Crippen molar-refractivity contribution >= 4 is 12.0 Å². The van der Waals surface area contributed by atoms with Gasteiger partial charge in [-0.25, -0.2) is 4.79 Å². The summed E-state index contributed by atoms with van der Waals surface area (Å²) < 4.78 is 0. The van der Waals surface area contributed by atoms with Crippen LogP contribution in [0.4, 0.5) is 4.79 Å². The van der Waals surface area contributed by atoms with Gasteiger partial charge in [-0.2, -0.15) is 0 Å². The summed E-state index contributed by atoms with van der Waals surface area (Å²) >= 11 is 0. The van der Waals surface area contributed by atoms with Gasteiger partial charge in [0.05, 0.1) is 6.42 Å². The highest BCUT2D eigenvalue weighted by molar-refractivity contribution is 5.75. The minimum Gasteiger partial charge on any atom is -0.481 e. The Kier molecular flexibility index (Phi) is 4.95. The first kappa shape index (κ1) is 14.8. The fraction of sp³-hybridized carbons (Fsp3) is 0.833. The molecule has 1 fully saturated rings. The van der Waals surface area contributed by atoms with E-state index >= 15 is 0 Å². The third kappa shape index (κ3) is 5.35. The first-order valence-electron chi connectivity index (χ1n) is 6.29. The maximum absolute atomic E-state index is 11.9. The van der Waals surface area contributed by atoms with E-state index < -0.39 is 5.97 Å². The van der Waals surface area contributed by atoms with E-state index in [1.807, 2.05) is 20.8 Å². The second kappa shape index (κ2) is 6.04. The van der Waals surface area contributed by atoms with Gasteiger partial charge >= 0.3 is 12.0 Å². The number of nitrogens with zero attached hydrogens (tertiary/aromatic N) is 2. The summed E-state index contributed by atoms with van der Waals surface area (Å²) in [6.07, 6.45) is 0.161. The predicted octanol–water partition coefficient (Wildman–Crippen LogP) is 0.587. The number of carbonyl (C=O) groups is 2. The van der Waals surface area contributed by atoms with Gasteiger partial charge in [-0.3, -0.25) is 9.69 Å². The van der Waals surface area contributed by atoms with Crippen molar-refractivity contribution in [3.8, 4) is 0 Å². The van der Waals surface area contributed by atoms with Gasteiger partial charge in [0.15, 0.2) is 0 Å². The van der Waals surface area contributed by atoms with Gasteiger partial charge in [0.25, 0.3) is 0 Å². The van der Waals surface area contributed by atoms with Gasteiger partial charge in [-0.05, 0) is 20.8 Å². The topological polar surface area (TPSA) is 72.9 Å². The molecule has 0 atom stereocenters. The second-order valence-electron chi connectivity index (χ2n) is 5.65. The Morgan fingerprint density at radius 2 is 1.72 bits per heavy atom. The first-order chi connectivity index (χ1) is 8.28. The van der Waals surface area contributed by atoms with E-state index in [-0.39, 0.29) is 18.0 Å². The van der Waals surface area contributed by atoms with E-state index in [9.17, 15) is 9.59 Å². The standard InChI is InChI=1S/C12H23N3O3/c1-12(2,3)13-11(18)15-8-6-14(7-9-15)5-4-10(16)17/h4-9H2,1-3H3,(H,13,18)(H,16,17). The molecule has 0 aliphatic carbocycles. The Morgan fingerprint density at radius 3 is 2.17 bits per heavy atom. The lowest BCUT2D eigenvalue weighted by atomic mass is 10.1. The fourth-order valence-corrected chi connectivity index (χ4v) is 1.83. The molecule has 1 rings (SSSR count). The average molecular weight is 257 g/mol. The number of rotatable bonds is 3. The summed E-state index contributed by atoms with van der Waals surface area (Å²) in [6, 6.07) is -0.0413. The van der Waals surface area contributed by atoms with Gasteiger partial charge in [0.1, 0.15) is 0 Å². The molecule has 0 spiro atoms. The van der Waals surface area contributed by atoms with Crippen molar-refractivity contribution in [3.05, 3.63) is 0 Å². The normalized spacial score (nSPS) is 17.6. The number of nitrogens with one attached hydrogen (secondary N) is 1. The number of amides is 2. The van der Waals surface area contributed by atoms with Crippen LogP contribution in [-0.4, -0.2) is 65.2 Å². The zero-order valence-corrected chi connectivity index (χ0v) is 11.4. The SMILES string of the molecule is CC(C)(C)NC(=O)N1CCN(CCC(=O)O)CC1. The van der Waals surface area contributed by atoms with Crippen LogP contribution in [0.1, 0.15) is 27.2 Å². The fourth-order valence-electron chi connectivity index (χ4n) is 1.83. The number of piperazine rings is 1. The van der Waals surface area contributed by atoms with Crippen LogP contribution < -0.4 is 5.32 Å². The summed E-state index contributed by atoms with van der Waals surface area (Å²) in [5, 5.41) is 11.5. The van der Waals surface area contributed by atoms with Crippen molar-refractivity contribution < 1.29 is 14.7 Å². The first-order valence-corrected chi connectivity index (χ1v) is 6.29. The Labute approximate surface area is 108 Å². The third-order valence-electron chi connectivity index (χ3n) is 2.78. The molecule has 1 aliphatic heterocycles. The number of aliphatic carboxylic acids is 1. The van der Waals surface area contributed by atoms with Crippen molar-refractivity contribution in [3.63, 3.8) is 0 Å². The highest BCUT2D eigenvalue weighted by Crippen LogP contribution is 2.06. The minimum atomic E-state index is -0.775. The Morgan fingerprint density at radius 1 is 1.17 bits per heavy atom. The van der Waals surface area contributed by atoms with Crippen LogP contribution >= 0.6 is 0 Å². The highest BCUT2D eigenvalue weighted by Gasteiger charge is 2.23. The lowest BCUT2D eigenvalue weighted by Gasteiger charge is -2.36. The number of carbonyl (C=O) groups excluding carboxylic acids is 1. The molecule has 0 aromatic heterocycles. The maximum Gasteiger partial charge on any atom is 0.317 e. The molecule has 0 radical (unpaired) electrons. The van der Waals surface area contributed by atoms with E-state index in [0.717, 1.165) is 13.1 Å². The van der Waals surface area contributed by atoms with E-state index in [1.54, 1.807) is 4.90 Å². The lowest BCUT2D eigenvalue weighted by Crippen LogP contribution is -2.55. The van der Waals surface area contributed by atoms with Crippen LogP contribution in [0.5, 0.6) is 0 Å². The predicted molar refractivity (Wildman–Crippen MR) is 68.6 cm³/mol. The van der Waals surface area contributed by atoms with Crippen molar-refractivity contribution in [2.45, 2.75) is 32.7 Å². The summed E-state index contributed by atoms with van der Waals surface area (Å²) in [7, 11) is 0. The Balaban J connectivity index is 2.30. The third-order valence-corrected chi connectivity index (χ3v) is 2.78. The molecule has 0 aromatic rings. The molecule has 2 amide bonds. The Hall–Kier alpha value is -1.30. The monoisotopic (exact) mass is 257 g/mol. The van der Waals surface area contributed by atoms with Crippen molar-refractivity contribution in [1.82, 2.24) is 15.1 Å². The number of urea groups is 1. The quantitative estimate of drug-likeness (QED) is 0.776. The zero-order chi connectivity index (χ0) is 13.8. The van der Waals surface area contributed by atoms with E-state index in [1.165, 1.54) is 0 Å². The number of hydrogen-bond acceptors (Lipinski definition) is 3. The summed E-state index contributed by atoms with van der Waals surface area (Å²) in [4.78, 5) is 26.2. The molecule has 2 N–H and O–H groups in total. The molecule has 0 saturated carbocycles. The molecule has 1 aliphatic rings. The van der Waals surface area contributed by atoms with E-state index in [2.05, 4.69) is 10.2 Å². The lowest BCUT2D eigenvalue weighted by molar-refractivity contribution is -0.137. The largest absolute Gasteiger partial charge is 0.481 e. The van der Waals surface area contributed by atoms with Gasteiger partial charge in [0.2, 0.25) is 0 Å². The summed E-state index contributed by atoms with van der Waals surface area (Å²) in [5.74, 6) is -0.775. The Bertz CT molecular complexity index is 304. The van der Waals surface area contributed by atoms with Gasteiger partial charge < -0.3 is 15.3 Å².